The summed E-state index contributed by atoms with van der Waals surface area (Å²) in [6.07, 6.45) is 10.2. The SMILES string of the molecule is c1ccc(-n2nnnc2C2(N3CCCCC3)CCCCC2)cc1. The van der Waals surface area contributed by atoms with Gasteiger partial charge in [-0.05, 0) is 61.3 Å². The number of tetrazole rings is 1. The zero-order valence-corrected chi connectivity index (χ0v) is 13.7. The Morgan fingerprint density at radius 2 is 1.52 bits per heavy atom. The van der Waals surface area contributed by atoms with Gasteiger partial charge in [-0.2, -0.15) is 4.68 Å². The third-order valence-electron chi connectivity index (χ3n) is 5.53. The molecule has 1 saturated carbocycles. The third kappa shape index (κ3) is 2.67. The Morgan fingerprint density at radius 3 is 2.26 bits per heavy atom. The molecule has 0 bridgehead atoms. The van der Waals surface area contributed by atoms with Gasteiger partial charge in [0.1, 0.15) is 0 Å². The molecular formula is C18H25N5. The number of piperidine rings is 1. The summed E-state index contributed by atoms with van der Waals surface area (Å²) in [5, 5.41) is 12.9. The van der Waals surface area contributed by atoms with E-state index in [4.69, 9.17) is 0 Å². The van der Waals surface area contributed by atoms with Gasteiger partial charge in [0.25, 0.3) is 0 Å². The number of benzene rings is 1. The molecule has 2 fully saturated rings. The first-order valence-corrected chi connectivity index (χ1v) is 8.99. The van der Waals surface area contributed by atoms with Crippen LogP contribution in [0.2, 0.25) is 0 Å². The molecule has 0 N–H and O–H groups in total. The average Bonchev–Trinajstić information content (AvgIpc) is 3.14. The topological polar surface area (TPSA) is 46.8 Å². The largest absolute Gasteiger partial charge is 0.291 e. The van der Waals surface area contributed by atoms with Gasteiger partial charge < -0.3 is 0 Å². The zero-order valence-electron chi connectivity index (χ0n) is 13.7. The molecule has 23 heavy (non-hydrogen) atoms. The van der Waals surface area contributed by atoms with Gasteiger partial charge in [-0.3, -0.25) is 4.90 Å². The Labute approximate surface area is 137 Å². The van der Waals surface area contributed by atoms with Crippen molar-refractivity contribution in [3.8, 4) is 5.69 Å². The maximum Gasteiger partial charge on any atom is 0.176 e. The second-order valence-electron chi connectivity index (χ2n) is 6.89. The molecule has 122 valence electrons. The van der Waals surface area contributed by atoms with Crippen molar-refractivity contribution >= 4 is 0 Å². The molecule has 0 unspecified atom stereocenters. The van der Waals surface area contributed by atoms with Crippen molar-refractivity contribution in [2.75, 3.05) is 13.1 Å². The van der Waals surface area contributed by atoms with Gasteiger partial charge in [-0.25, -0.2) is 0 Å². The van der Waals surface area contributed by atoms with Crippen LogP contribution < -0.4 is 0 Å². The highest BCUT2D eigenvalue weighted by Crippen LogP contribution is 2.42. The van der Waals surface area contributed by atoms with Crippen LogP contribution in [0.3, 0.4) is 0 Å². The van der Waals surface area contributed by atoms with Gasteiger partial charge >= 0.3 is 0 Å². The van der Waals surface area contributed by atoms with Crippen LogP contribution in [0.4, 0.5) is 0 Å². The molecule has 0 spiro atoms. The number of rotatable bonds is 3. The fourth-order valence-electron chi connectivity index (χ4n) is 4.36. The van der Waals surface area contributed by atoms with Crippen molar-refractivity contribution in [2.45, 2.75) is 56.9 Å². The normalized spacial score (nSPS) is 22.1. The summed E-state index contributed by atoms with van der Waals surface area (Å²) in [5.41, 5.74) is 1.09. The van der Waals surface area contributed by atoms with Crippen molar-refractivity contribution in [3.05, 3.63) is 36.2 Å². The number of likely N-dealkylation sites (tertiary alicyclic amines) is 1. The maximum absolute atomic E-state index is 4.52. The summed E-state index contributed by atoms with van der Waals surface area (Å²) >= 11 is 0. The van der Waals surface area contributed by atoms with E-state index < -0.39 is 0 Å². The number of aromatic nitrogens is 4. The zero-order chi connectivity index (χ0) is 15.5. The molecule has 0 amide bonds. The van der Waals surface area contributed by atoms with Crippen LogP contribution >= 0.6 is 0 Å². The van der Waals surface area contributed by atoms with Gasteiger partial charge in [0.2, 0.25) is 0 Å². The van der Waals surface area contributed by atoms with Crippen molar-refractivity contribution in [1.82, 2.24) is 25.1 Å². The monoisotopic (exact) mass is 311 g/mol. The molecule has 0 radical (unpaired) electrons. The van der Waals surface area contributed by atoms with Crippen LogP contribution in [0, 0.1) is 0 Å². The highest BCUT2D eigenvalue weighted by atomic mass is 15.6. The molecule has 2 aliphatic rings. The van der Waals surface area contributed by atoms with E-state index in [0.717, 1.165) is 11.5 Å². The van der Waals surface area contributed by atoms with Crippen LogP contribution in [-0.4, -0.2) is 38.2 Å². The molecule has 5 nitrogen and oxygen atoms in total. The van der Waals surface area contributed by atoms with Gasteiger partial charge in [0.05, 0.1) is 11.2 Å². The third-order valence-corrected chi connectivity index (χ3v) is 5.53. The fourth-order valence-corrected chi connectivity index (χ4v) is 4.36. The lowest BCUT2D eigenvalue weighted by Gasteiger charge is -2.47. The van der Waals surface area contributed by atoms with Gasteiger partial charge in [-0.15, -0.1) is 5.10 Å². The fraction of sp³-hybridized carbons (Fsp3) is 0.611. The first-order valence-electron chi connectivity index (χ1n) is 8.99. The Balaban J connectivity index is 1.77. The molecule has 2 aromatic rings. The highest BCUT2D eigenvalue weighted by Gasteiger charge is 2.44. The minimum absolute atomic E-state index is 0.0258. The predicted octanol–water partition coefficient (Wildman–Crippen LogP) is 3.31. The van der Waals surface area contributed by atoms with Crippen molar-refractivity contribution in [2.24, 2.45) is 0 Å². The summed E-state index contributed by atoms with van der Waals surface area (Å²) in [5.74, 6) is 1.05. The standard InChI is InChI=1S/C18H25N5/c1-4-10-16(11-5-1)23-17(19-20-21-23)18(12-6-2-7-13-18)22-14-8-3-9-15-22/h1,4-5,10-11H,2-3,6-9,12-15H2. The summed E-state index contributed by atoms with van der Waals surface area (Å²) in [6.45, 7) is 2.36. The van der Waals surface area contributed by atoms with Crippen molar-refractivity contribution in [3.63, 3.8) is 0 Å². The van der Waals surface area contributed by atoms with Crippen LogP contribution in [0.5, 0.6) is 0 Å². The summed E-state index contributed by atoms with van der Waals surface area (Å²) in [4.78, 5) is 2.68. The quantitative estimate of drug-likeness (QED) is 0.872. The van der Waals surface area contributed by atoms with E-state index >= 15 is 0 Å². The molecule has 1 aromatic heterocycles. The molecule has 0 atom stereocenters. The molecule has 2 heterocycles. The minimum Gasteiger partial charge on any atom is -0.291 e. The molecule has 1 aliphatic heterocycles. The Kier molecular flexibility index (Phi) is 4.12. The van der Waals surface area contributed by atoms with E-state index in [0.29, 0.717) is 0 Å². The summed E-state index contributed by atoms with van der Waals surface area (Å²) < 4.78 is 1.97. The van der Waals surface area contributed by atoms with Crippen LogP contribution in [0.1, 0.15) is 57.2 Å². The maximum atomic E-state index is 4.52. The molecule has 5 heteroatoms. The summed E-state index contributed by atoms with van der Waals surface area (Å²) in [6, 6.07) is 10.3. The molecule has 1 aromatic carbocycles. The molecule has 4 rings (SSSR count). The first-order chi connectivity index (χ1) is 11.4. The highest BCUT2D eigenvalue weighted by molar-refractivity contribution is 5.32. The van der Waals surface area contributed by atoms with Gasteiger partial charge in [-0.1, -0.05) is 43.9 Å². The number of para-hydroxylation sites is 1. The smallest absolute Gasteiger partial charge is 0.176 e. The van der Waals surface area contributed by atoms with E-state index in [-0.39, 0.29) is 5.54 Å². The van der Waals surface area contributed by atoms with E-state index in [2.05, 4.69) is 44.7 Å². The number of hydrogen-bond acceptors (Lipinski definition) is 4. The Morgan fingerprint density at radius 1 is 0.826 bits per heavy atom. The predicted molar refractivity (Wildman–Crippen MR) is 89.3 cm³/mol. The van der Waals surface area contributed by atoms with E-state index in [1.807, 2.05) is 10.7 Å². The van der Waals surface area contributed by atoms with Crippen LogP contribution in [0.15, 0.2) is 30.3 Å². The van der Waals surface area contributed by atoms with Gasteiger partial charge in [0.15, 0.2) is 5.82 Å². The number of nitrogens with zero attached hydrogens (tertiary/aromatic N) is 5. The lowest BCUT2D eigenvalue weighted by atomic mass is 9.78. The lowest BCUT2D eigenvalue weighted by molar-refractivity contribution is 0.0213. The molecule has 1 aliphatic carbocycles. The molecule has 1 saturated heterocycles. The Bertz CT molecular complexity index is 624. The minimum atomic E-state index is 0.0258. The average molecular weight is 311 g/mol. The van der Waals surface area contributed by atoms with Crippen LogP contribution in [-0.2, 0) is 5.54 Å². The van der Waals surface area contributed by atoms with E-state index in [9.17, 15) is 0 Å². The Hall–Kier alpha value is -1.75. The van der Waals surface area contributed by atoms with E-state index in [1.165, 1.54) is 64.5 Å². The van der Waals surface area contributed by atoms with Crippen molar-refractivity contribution < 1.29 is 0 Å². The van der Waals surface area contributed by atoms with Gasteiger partial charge in [0, 0.05) is 0 Å². The van der Waals surface area contributed by atoms with Crippen LogP contribution in [0.25, 0.3) is 5.69 Å². The second-order valence-corrected chi connectivity index (χ2v) is 6.89. The first kappa shape index (κ1) is 14.8. The number of hydrogen-bond donors (Lipinski definition) is 0. The lowest BCUT2D eigenvalue weighted by Crippen LogP contribution is -2.51. The summed E-state index contributed by atoms with van der Waals surface area (Å²) in [7, 11) is 0. The second kappa shape index (κ2) is 6.40. The molecular weight excluding hydrogens is 286 g/mol. The van der Waals surface area contributed by atoms with E-state index in [1.54, 1.807) is 0 Å². The van der Waals surface area contributed by atoms with Crippen molar-refractivity contribution in [1.29, 1.82) is 0 Å².